The first-order chi connectivity index (χ1) is 11.7. The summed E-state index contributed by atoms with van der Waals surface area (Å²) in [6.07, 6.45) is 0. The third-order valence-electron chi connectivity index (χ3n) is 3.84. The average molecular weight is 344 g/mol. The van der Waals surface area contributed by atoms with E-state index in [0.717, 1.165) is 18.0 Å². The number of nitrogens with zero attached hydrogens (tertiary/aromatic N) is 1. The Morgan fingerprint density at radius 2 is 2.04 bits per heavy atom. The molecule has 1 amide bonds. The number of benzene rings is 2. The van der Waals surface area contributed by atoms with Crippen molar-refractivity contribution in [1.29, 1.82) is 0 Å². The normalized spacial score (nSPS) is 13.2. The highest BCUT2D eigenvalue weighted by Crippen LogP contribution is 2.34. The molecule has 0 aliphatic carbocycles. The standard InChI is InChI=1S/C18H20N2O3S/c1-22-13-7-8-16(23-2)14(11-13)19-18(21)12-20-9-10-24-17-6-4-3-5-15(17)20/h3-8,11H,9-10,12H2,1-2H3,(H,19,21). The van der Waals surface area contributed by atoms with Gasteiger partial charge in [0.2, 0.25) is 5.91 Å². The second-order valence-corrected chi connectivity index (χ2v) is 6.49. The maximum absolute atomic E-state index is 12.5. The molecule has 0 radical (unpaired) electrons. The Bertz CT molecular complexity index is 736. The van der Waals surface area contributed by atoms with Crippen molar-refractivity contribution < 1.29 is 14.3 Å². The first kappa shape index (κ1) is 16.5. The second kappa shape index (κ2) is 7.49. The van der Waals surface area contributed by atoms with Gasteiger partial charge in [0.15, 0.2) is 0 Å². The zero-order chi connectivity index (χ0) is 16.9. The van der Waals surface area contributed by atoms with E-state index < -0.39 is 0 Å². The van der Waals surface area contributed by atoms with Gasteiger partial charge in [-0.3, -0.25) is 4.79 Å². The van der Waals surface area contributed by atoms with Gasteiger partial charge in [0.25, 0.3) is 0 Å². The first-order valence-corrected chi connectivity index (χ1v) is 8.68. The molecular formula is C18H20N2O3S. The first-order valence-electron chi connectivity index (χ1n) is 7.70. The van der Waals surface area contributed by atoms with E-state index in [4.69, 9.17) is 9.47 Å². The highest BCUT2D eigenvalue weighted by Gasteiger charge is 2.19. The van der Waals surface area contributed by atoms with Crippen molar-refractivity contribution in [2.75, 3.05) is 43.3 Å². The summed E-state index contributed by atoms with van der Waals surface area (Å²) in [4.78, 5) is 15.8. The number of hydrogen-bond donors (Lipinski definition) is 1. The topological polar surface area (TPSA) is 50.8 Å². The van der Waals surface area contributed by atoms with E-state index in [1.165, 1.54) is 4.90 Å². The summed E-state index contributed by atoms with van der Waals surface area (Å²) in [5, 5.41) is 2.92. The summed E-state index contributed by atoms with van der Waals surface area (Å²) < 4.78 is 10.5. The Kier molecular flexibility index (Phi) is 5.15. The molecule has 6 heteroatoms. The Morgan fingerprint density at radius 3 is 2.83 bits per heavy atom. The molecule has 2 aromatic carbocycles. The number of methoxy groups -OCH3 is 2. The molecule has 3 rings (SSSR count). The Balaban J connectivity index is 1.73. The van der Waals surface area contributed by atoms with Crippen LogP contribution in [0.25, 0.3) is 0 Å². The molecule has 5 nitrogen and oxygen atoms in total. The molecule has 0 saturated heterocycles. The van der Waals surface area contributed by atoms with Crippen molar-refractivity contribution in [3.05, 3.63) is 42.5 Å². The lowest BCUT2D eigenvalue weighted by atomic mass is 10.2. The van der Waals surface area contributed by atoms with Crippen LogP contribution in [0.3, 0.4) is 0 Å². The number of hydrogen-bond acceptors (Lipinski definition) is 5. The number of rotatable bonds is 5. The molecule has 1 aliphatic heterocycles. The Hall–Kier alpha value is -2.34. The number of anilines is 2. The van der Waals surface area contributed by atoms with Gasteiger partial charge in [-0.25, -0.2) is 0 Å². The molecule has 0 bridgehead atoms. The summed E-state index contributed by atoms with van der Waals surface area (Å²) in [5.74, 6) is 2.18. The molecule has 2 aromatic rings. The molecule has 1 heterocycles. The van der Waals surface area contributed by atoms with Gasteiger partial charge in [-0.2, -0.15) is 0 Å². The van der Waals surface area contributed by atoms with Gasteiger partial charge in [-0.15, -0.1) is 11.8 Å². The highest BCUT2D eigenvalue weighted by molar-refractivity contribution is 7.99. The van der Waals surface area contributed by atoms with E-state index in [1.807, 2.05) is 23.9 Å². The monoisotopic (exact) mass is 344 g/mol. The Labute approximate surface area is 145 Å². The lowest BCUT2D eigenvalue weighted by Gasteiger charge is -2.30. The van der Waals surface area contributed by atoms with Crippen LogP contribution in [0, 0.1) is 0 Å². The molecule has 0 atom stereocenters. The van der Waals surface area contributed by atoms with Gasteiger partial charge in [0, 0.05) is 23.3 Å². The quantitative estimate of drug-likeness (QED) is 0.902. The van der Waals surface area contributed by atoms with Crippen LogP contribution in [0.5, 0.6) is 11.5 Å². The summed E-state index contributed by atoms with van der Waals surface area (Å²) in [7, 11) is 3.17. The van der Waals surface area contributed by atoms with Crippen LogP contribution in [0.1, 0.15) is 0 Å². The van der Waals surface area contributed by atoms with Crippen molar-refractivity contribution in [3.8, 4) is 11.5 Å². The summed E-state index contributed by atoms with van der Waals surface area (Å²) in [6.45, 7) is 1.16. The predicted molar refractivity (Wildman–Crippen MR) is 97.6 cm³/mol. The van der Waals surface area contributed by atoms with Crippen LogP contribution in [0.15, 0.2) is 47.4 Å². The van der Waals surface area contributed by atoms with Crippen molar-refractivity contribution in [1.82, 2.24) is 0 Å². The van der Waals surface area contributed by atoms with Gasteiger partial charge in [0.05, 0.1) is 32.1 Å². The maximum atomic E-state index is 12.5. The van der Waals surface area contributed by atoms with E-state index in [2.05, 4.69) is 22.3 Å². The van der Waals surface area contributed by atoms with Crippen LogP contribution in [0.4, 0.5) is 11.4 Å². The molecule has 0 fully saturated rings. The Morgan fingerprint density at radius 1 is 1.21 bits per heavy atom. The lowest BCUT2D eigenvalue weighted by Crippen LogP contribution is -2.36. The lowest BCUT2D eigenvalue weighted by molar-refractivity contribution is -0.115. The molecule has 24 heavy (non-hydrogen) atoms. The van der Waals surface area contributed by atoms with Crippen LogP contribution in [0.2, 0.25) is 0 Å². The van der Waals surface area contributed by atoms with Crippen LogP contribution >= 0.6 is 11.8 Å². The molecule has 126 valence electrons. The minimum atomic E-state index is -0.0803. The maximum Gasteiger partial charge on any atom is 0.243 e. The fourth-order valence-electron chi connectivity index (χ4n) is 2.67. The van der Waals surface area contributed by atoms with E-state index >= 15 is 0 Å². The predicted octanol–water partition coefficient (Wildman–Crippen LogP) is 3.25. The number of nitrogens with one attached hydrogen (secondary N) is 1. The number of carbonyl (C=O) groups is 1. The highest BCUT2D eigenvalue weighted by atomic mass is 32.2. The number of carbonyl (C=O) groups excluding carboxylic acids is 1. The second-order valence-electron chi connectivity index (χ2n) is 5.35. The summed E-state index contributed by atoms with van der Waals surface area (Å²) in [5.41, 5.74) is 1.73. The fourth-order valence-corrected chi connectivity index (χ4v) is 3.72. The smallest absolute Gasteiger partial charge is 0.243 e. The third kappa shape index (κ3) is 3.59. The largest absolute Gasteiger partial charge is 0.497 e. The van der Waals surface area contributed by atoms with Gasteiger partial charge in [0.1, 0.15) is 11.5 Å². The van der Waals surface area contributed by atoms with Gasteiger partial charge in [-0.05, 0) is 24.3 Å². The van der Waals surface area contributed by atoms with Crippen LogP contribution < -0.4 is 19.7 Å². The number of amides is 1. The van der Waals surface area contributed by atoms with E-state index in [-0.39, 0.29) is 5.91 Å². The van der Waals surface area contributed by atoms with E-state index in [0.29, 0.717) is 23.7 Å². The third-order valence-corrected chi connectivity index (χ3v) is 4.88. The molecule has 0 spiro atoms. The SMILES string of the molecule is COc1ccc(OC)c(NC(=O)CN2CCSc3ccccc32)c1. The van der Waals surface area contributed by atoms with Crippen LogP contribution in [-0.4, -0.2) is 39.0 Å². The van der Waals surface area contributed by atoms with Crippen molar-refractivity contribution >= 4 is 29.0 Å². The van der Waals surface area contributed by atoms with Gasteiger partial charge < -0.3 is 19.7 Å². The van der Waals surface area contributed by atoms with Crippen molar-refractivity contribution in [2.24, 2.45) is 0 Å². The fraction of sp³-hybridized carbons (Fsp3) is 0.278. The minimum Gasteiger partial charge on any atom is -0.497 e. The number of ether oxygens (including phenoxy) is 2. The van der Waals surface area contributed by atoms with E-state index in [9.17, 15) is 4.79 Å². The number of thioether (sulfide) groups is 1. The summed E-state index contributed by atoms with van der Waals surface area (Å²) >= 11 is 1.82. The average Bonchev–Trinajstić information content (AvgIpc) is 2.62. The molecule has 0 saturated carbocycles. The van der Waals surface area contributed by atoms with E-state index in [1.54, 1.807) is 32.4 Å². The minimum absolute atomic E-state index is 0.0803. The summed E-state index contributed by atoms with van der Waals surface area (Å²) in [6, 6.07) is 13.5. The van der Waals surface area contributed by atoms with Crippen LogP contribution in [-0.2, 0) is 4.79 Å². The number of para-hydroxylation sites is 1. The molecule has 1 N–H and O–H groups in total. The van der Waals surface area contributed by atoms with Crippen molar-refractivity contribution in [3.63, 3.8) is 0 Å². The van der Waals surface area contributed by atoms with Gasteiger partial charge in [-0.1, -0.05) is 12.1 Å². The molecular weight excluding hydrogens is 324 g/mol. The zero-order valence-corrected chi connectivity index (χ0v) is 14.6. The number of fused-ring (bicyclic) bond motifs is 1. The molecule has 0 unspecified atom stereocenters. The van der Waals surface area contributed by atoms with Crippen molar-refractivity contribution in [2.45, 2.75) is 4.90 Å². The molecule has 1 aliphatic rings. The molecule has 0 aromatic heterocycles. The zero-order valence-electron chi connectivity index (χ0n) is 13.7. The van der Waals surface area contributed by atoms with Gasteiger partial charge >= 0.3 is 0 Å².